The lowest BCUT2D eigenvalue weighted by Gasteiger charge is -2.36. The summed E-state index contributed by atoms with van der Waals surface area (Å²) in [6.07, 6.45) is 2.47. The molecule has 0 spiro atoms. The zero-order chi connectivity index (χ0) is 13.8. The summed E-state index contributed by atoms with van der Waals surface area (Å²) in [6.45, 7) is 2.99. The predicted molar refractivity (Wildman–Crippen MR) is 78.0 cm³/mol. The molecule has 1 amide bonds. The third-order valence-electron chi connectivity index (χ3n) is 3.69. The van der Waals surface area contributed by atoms with E-state index in [-0.39, 0.29) is 5.91 Å². The average molecular weight is 282 g/mol. The number of nitrogens with zero attached hydrogens (tertiary/aromatic N) is 2. The monoisotopic (exact) mass is 282 g/mol. The van der Waals surface area contributed by atoms with Gasteiger partial charge in [0.1, 0.15) is 0 Å². The molecule has 6 heteroatoms. The number of nitrogens with two attached hydrogens (primary N) is 1. The van der Waals surface area contributed by atoms with Crippen LogP contribution in [-0.4, -0.2) is 48.9 Å². The number of thiophene rings is 1. The lowest BCUT2D eigenvalue weighted by molar-refractivity contribution is 0.0953. The van der Waals surface area contributed by atoms with E-state index < -0.39 is 0 Å². The number of rotatable bonds is 4. The Morgan fingerprint density at radius 1 is 1.63 bits per heavy atom. The fourth-order valence-corrected chi connectivity index (χ4v) is 3.38. The highest BCUT2D eigenvalue weighted by Crippen LogP contribution is 2.21. The largest absolute Gasteiger partial charge is 0.305 e. The van der Waals surface area contributed by atoms with Gasteiger partial charge in [0.25, 0.3) is 5.91 Å². The maximum Gasteiger partial charge on any atom is 0.275 e. The molecule has 1 aromatic heterocycles. The first-order valence-electron chi connectivity index (χ1n) is 6.58. The van der Waals surface area contributed by atoms with Gasteiger partial charge >= 0.3 is 0 Å². The normalized spacial score (nSPS) is 20.7. The minimum atomic E-state index is -0.189. The zero-order valence-corrected chi connectivity index (χ0v) is 12.4. The molecular formula is C13H22N4OS. The highest BCUT2D eigenvalue weighted by atomic mass is 32.1. The number of hydrazine groups is 1. The Morgan fingerprint density at radius 2 is 2.42 bits per heavy atom. The van der Waals surface area contributed by atoms with Gasteiger partial charge in [0.15, 0.2) is 0 Å². The second-order valence-corrected chi connectivity index (χ2v) is 6.16. The summed E-state index contributed by atoms with van der Waals surface area (Å²) in [5.74, 6) is 5.03. The van der Waals surface area contributed by atoms with Gasteiger partial charge in [-0.15, -0.1) is 11.3 Å². The molecule has 0 aromatic carbocycles. The first kappa shape index (κ1) is 14.5. The number of likely N-dealkylation sites (tertiary alicyclic amines) is 1. The smallest absolute Gasteiger partial charge is 0.275 e. The Bertz CT molecular complexity index is 432. The van der Waals surface area contributed by atoms with Gasteiger partial charge in [0, 0.05) is 19.1 Å². The Labute approximate surface area is 118 Å². The lowest BCUT2D eigenvalue weighted by Crippen LogP contribution is -2.44. The van der Waals surface area contributed by atoms with Crippen LogP contribution in [0.4, 0.5) is 0 Å². The number of nitrogens with one attached hydrogen (secondary N) is 1. The van der Waals surface area contributed by atoms with Crippen molar-refractivity contribution in [1.29, 1.82) is 0 Å². The highest BCUT2D eigenvalue weighted by molar-refractivity contribution is 7.12. The molecule has 1 aliphatic heterocycles. The standard InChI is InChI=1S/C13H22N4OS/c1-16(2)11-4-3-6-17(9-11)8-10-5-7-19-12(10)13(18)15-14/h5,7,11H,3-4,6,8-9,14H2,1-2H3,(H,15,18). The predicted octanol–water partition coefficient (Wildman–Crippen LogP) is 0.878. The third-order valence-corrected chi connectivity index (χ3v) is 4.64. The fraction of sp³-hybridized carbons (Fsp3) is 0.615. The second-order valence-electron chi connectivity index (χ2n) is 5.24. The summed E-state index contributed by atoms with van der Waals surface area (Å²) in [5.41, 5.74) is 3.29. The van der Waals surface area contributed by atoms with E-state index in [0.29, 0.717) is 6.04 Å². The molecule has 3 N–H and O–H groups in total. The van der Waals surface area contributed by atoms with E-state index in [9.17, 15) is 4.79 Å². The zero-order valence-electron chi connectivity index (χ0n) is 11.6. The van der Waals surface area contributed by atoms with Crippen LogP contribution in [0.2, 0.25) is 0 Å². The van der Waals surface area contributed by atoms with Crippen LogP contribution in [0, 0.1) is 0 Å². The second kappa shape index (κ2) is 6.47. The molecule has 1 unspecified atom stereocenters. The molecule has 5 nitrogen and oxygen atoms in total. The van der Waals surface area contributed by atoms with Crippen LogP contribution >= 0.6 is 11.3 Å². The topological polar surface area (TPSA) is 61.6 Å². The summed E-state index contributed by atoms with van der Waals surface area (Å²) in [4.78, 5) is 17.1. The summed E-state index contributed by atoms with van der Waals surface area (Å²) < 4.78 is 0. The van der Waals surface area contributed by atoms with Crippen LogP contribution in [0.1, 0.15) is 28.1 Å². The first-order chi connectivity index (χ1) is 9.11. The van der Waals surface area contributed by atoms with E-state index in [4.69, 9.17) is 5.84 Å². The van der Waals surface area contributed by atoms with Crippen molar-refractivity contribution < 1.29 is 4.79 Å². The number of likely N-dealkylation sites (N-methyl/N-ethyl adjacent to an activating group) is 1. The van der Waals surface area contributed by atoms with E-state index in [1.54, 1.807) is 0 Å². The van der Waals surface area contributed by atoms with Gasteiger partial charge in [-0.3, -0.25) is 15.1 Å². The van der Waals surface area contributed by atoms with Gasteiger partial charge in [0.05, 0.1) is 4.88 Å². The summed E-state index contributed by atoms with van der Waals surface area (Å²) in [7, 11) is 4.26. The van der Waals surface area contributed by atoms with Gasteiger partial charge in [-0.2, -0.15) is 0 Å². The van der Waals surface area contributed by atoms with Crippen molar-refractivity contribution in [1.82, 2.24) is 15.2 Å². The maximum atomic E-state index is 11.7. The Balaban J connectivity index is 2.01. The van der Waals surface area contributed by atoms with Crippen LogP contribution in [0.15, 0.2) is 11.4 Å². The summed E-state index contributed by atoms with van der Waals surface area (Å²) >= 11 is 1.45. The van der Waals surface area contributed by atoms with Crippen LogP contribution in [0.5, 0.6) is 0 Å². The minimum absolute atomic E-state index is 0.189. The average Bonchev–Trinajstić information content (AvgIpc) is 2.86. The maximum absolute atomic E-state index is 11.7. The van der Waals surface area contributed by atoms with Crippen LogP contribution in [-0.2, 0) is 6.54 Å². The fourth-order valence-electron chi connectivity index (χ4n) is 2.56. The molecule has 1 saturated heterocycles. The Morgan fingerprint density at radius 3 is 3.11 bits per heavy atom. The van der Waals surface area contributed by atoms with E-state index in [2.05, 4.69) is 29.3 Å². The molecule has 0 radical (unpaired) electrons. The highest BCUT2D eigenvalue weighted by Gasteiger charge is 2.23. The SMILES string of the molecule is CN(C)C1CCCN(Cc2ccsc2C(=O)NN)C1. The molecule has 2 rings (SSSR count). The molecule has 106 valence electrons. The van der Waals surface area contributed by atoms with Crippen molar-refractivity contribution in [2.24, 2.45) is 5.84 Å². The Hall–Kier alpha value is -0.950. The van der Waals surface area contributed by atoms with Gasteiger partial charge in [-0.1, -0.05) is 0 Å². The first-order valence-corrected chi connectivity index (χ1v) is 7.46. The van der Waals surface area contributed by atoms with E-state index >= 15 is 0 Å². The van der Waals surface area contributed by atoms with E-state index in [1.807, 2.05) is 11.4 Å². The molecule has 1 aliphatic rings. The number of nitrogen functional groups attached to an aromatic ring is 1. The molecule has 0 saturated carbocycles. The van der Waals surface area contributed by atoms with Gasteiger partial charge in [-0.05, 0) is 50.5 Å². The molecule has 1 fully saturated rings. The van der Waals surface area contributed by atoms with E-state index in [1.165, 1.54) is 24.2 Å². The third kappa shape index (κ3) is 3.54. The molecule has 19 heavy (non-hydrogen) atoms. The Kier molecular flexibility index (Phi) is 4.93. The molecule has 0 bridgehead atoms. The number of hydrogen-bond donors (Lipinski definition) is 2. The summed E-state index contributed by atoms with van der Waals surface area (Å²) in [5, 5.41) is 1.95. The van der Waals surface area contributed by atoms with Crippen LogP contribution in [0.25, 0.3) is 0 Å². The molecular weight excluding hydrogens is 260 g/mol. The number of carbonyl (C=O) groups is 1. The van der Waals surface area contributed by atoms with Gasteiger partial charge < -0.3 is 4.90 Å². The minimum Gasteiger partial charge on any atom is -0.305 e. The van der Waals surface area contributed by atoms with Crippen molar-refractivity contribution in [2.45, 2.75) is 25.4 Å². The number of hydrogen-bond acceptors (Lipinski definition) is 5. The number of carbonyl (C=O) groups excluding carboxylic acids is 1. The number of piperidine rings is 1. The van der Waals surface area contributed by atoms with Crippen LogP contribution in [0.3, 0.4) is 0 Å². The van der Waals surface area contributed by atoms with Crippen molar-refractivity contribution in [2.75, 3.05) is 27.2 Å². The van der Waals surface area contributed by atoms with Crippen molar-refractivity contribution in [3.05, 3.63) is 21.9 Å². The molecule has 2 heterocycles. The van der Waals surface area contributed by atoms with Gasteiger partial charge in [0.2, 0.25) is 0 Å². The molecule has 1 atom stereocenters. The van der Waals surface area contributed by atoms with Crippen LogP contribution < -0.4 is 11.3 Å². The lowest BCUT2D eigenvalue weighted by atomic mass is 10.0. The van der Waals surface area contributed by atoms with Crippen molar-refractivity contribution >= 4 is 17.2 Å². The quantitative estimate of drug-likeness (QED) is 0.489. The van der Waals surface area contributed by atoms with Crippen molar-refractivity contribution in [3.8, 4) is 0 Å². The van der Waals surface area contributed by atoms with Gasteiger partial charge in [-0.25, -0.2) is 5.84 Å². The molecule has 1 aromatic rings. The summed E-state index contributed by atoms with van der Waals surface area (Å²) in [6, 6.07) is 2.63. The van der Waals surface area contributed by atoms with Crippen molar-refractivity contribution in [3.63, 3.8) is 0 Å². The van der Waals surface area contributed by atoms with E-state index in [0.717, 1.165) is 30.1 Å². The number of amides is 1. The molecule has 0 aliphatic carbocycles.